The van der Waals surface area contributed by atoms with Gasteiger partial charge in [-0.25, -0.2) is 14.6 Å². The Labute approximate surface area is 194 Å². The van der Waals surface area contributed by atoms with Gasteiger partial charge in [-0.1, -0.05) is 6.42 Å². The molecule has 2 atom stereocenters. The lowest BCUT2D eigenvalue weighted by atomic mass is 9.85. The number of likely N-dealkylation sites (tertiary alicyclic amines) is 1. The van der Waals surface area contributed by atoms with E-state index in [2.05, 4.69) is 14.9 Å². The summed E-state index contributed by atoms with van der Waals surface area (Å²) in [7, 11) is 0. The van der Waals surface area contributed by atoms with E-state index in [0.717, 1.165) is 17.1 Å². The first-order valence-electron chi connectivity index (χ1n) is 12.2. The van der Waals surface area contributed by atoms with E-state index in [4.69, 9.17) is 13.9 Å². The smallest absolute Gasteiger partial charge is 0.414 e. The van der Waals surface area contributed by atoms with Crippen molar-refractivity contribution >= 4 is 22.1 Å². The summed E-state index contributed by atoms with van der Waals surface area (Å²) >= 11 is 0. The third kappa shape index (κ3) is 2.95. The standard InChI is InChI=1S/C25H27N5O4/c1-12(2)30-17-6-7-18-22(34-25(32)24(31)33-18)20(17)21(28-30)23-26-8-16(27-23)19-14-10-29(11-15(14)19)9-13-4-3-5-13/h6-8,12-15,19H,3-5,9-11H2,1-2H3,(H,26,27). The maximum absolute atomic E-state index is 12.0. The number of nitrogens with zero attached hydrogens (tertiary/aromatic N) is 4. The molecule has 1 aromatic carbocycles. The average molecular weight is 462 g/mol. The second-order valence-corrected chi connectivity index (χ2v) is 10.5. The number of piperidine rings is 1. The van der Waals surface area contributed by atoms with Gasteiger partial charge in [0.2, 0.25) is 0 Å². The minimum absolute atomic E-state index is 0.0787. The van der Waals surface area contributed by atoms with E-state index in [0.29, 0.717) is 34.7 Å². The van der Waals surface area contributed by atoms with E-state index < -0.39 is 11.3 Å². The van der Waals surface area contributed by atoms with E-state index in [9.17, 15) is 9.59 Å². The number of H-pyrrole nitrogens is 1. The van der Waals surface area contributed by atoms with Gasteiger partial charge >= 0.3 is 11.3 Å². The SMILES string of the molecule is CC(C)n1nc(-c2ncc(C3C4CN(CC5CCC5)CC43)[nH]2)c2c3oc(=O)c(=O)oc3ccc21. The molecule has 3 aliphatic rings. The minimum Gasteiger partial charge on any atom is -0.414 e. The van der Waals surface area contributed by atoms with Crippen molar-refractivity contribution in [2.75, 3.05) is 19.6 Å². The van der Waals surface area contributed by atoms with Gasteiger partial charge < -0.3 is 18.7 Å². The van der Waals surface area contributed by atoms with E-state index in [1.54, 1.807) is 6.07 Å². The molecule has 2 unspecified atom stereocenters. The van der Waals surface area contributed by atoms with Gasteiger partial charge in [-0.15, -0.1) is 0 Å². The topological polar surface area (TPSA) is 110 Å². The molecule has 0 amide bonds. The van der Waals surface area contributed by atoms with Gasteiger partial charge in [0.05, 0.1) is 10.9 Å². The van der Waals surface area contributed by atoms with Crippen LogP contribution >= 0.6 is 0 Å². The molecule has 34 heavy (non-hydrogen) atoms. The summed E-state index contributed by atoms with van der Waals surface area (Å²) in [6.45, 7) is 7.70. The van der Waals surface area contributed by atoms with Crippen LogP contribution in [0.4, 0.5) is 0 Å². The van der Waals surface area contributed by atoms with Crippen LogP contribution in [0.3, 0.4) is 0 Å². The van der Waals surface area contributed by atoms with Crippen LogP contribution in [0.1, 0.15) is 50.8 Å². The molecule has 9 heteroatoms. The summed E-state index contributed by atoms with van der Waals surface area (Å²) in [5.41, 5.74) is 0.928. The highest BCUT2D eigenvalue weighted by molar-refractivity contribution is 6.07. The number of hydrogen-bond acceptors (Lipinski definition) is 7. The number of aromatic nitrogens is 4. The van der Waals surface area contributed by atoms with Crippen LogP contribution in [0.15, 0.2) is 36.8 Å². The molecule has 2 aliphatic carbocycles. The molecule has 176 valence electrons. The number of imidazole rings is 1. The number of hydrogen-bond donors (Lipinski definition) is 1. The van der Waals surface area contributed by atoms with E-state index in [1.807, 2.05) is 30.8 Å². The Balaban J connectivity index is 1.25. The summed E-state index contributed by atoms with van der Waals surface area (Å²) in [5.74, 6) is 3.47. The lowest BCUT2D eigenvalue weighted by Gasteiger charge is -2.31. The second-order valence-electron chi connectivity index (χ2n) is 10.5. The highest BCUT2D eigenvalue weighted by Crippen LogP contribution is 2.58. The van der Waals surface area contributed by atoms with Crippen LogP contribution in [0, 0.1) is 17.8 Å². The van der Waals surface area contributed by atoms with Crippen molar-refractivity contribution in [2.45, 2.75) is 45.1 Å². The highest BCUT2D eigenvalue weighted by Gasteiger charge is 2.57. The van der Waals surface area contributed by atoms with Gasteiger partial charge in [-0.05, 0) is 56.6 Å². The first kappa shape index (κ1) is 20.2. The van der Waals surface area contributed by atoms with Crippen LogP contribution in [0.5, 0.6) is 0 Å². The van der Waals surface area contributed by atoms with E-state index >= 15 is 0 Å². The summed E-state index contributed by atoms with van der Waals surface area (Å²) < 4.78 is 12.4. The first-order chi connectivity index (χ1) is 16.5. The van der Waals surface area contributed by atoms with Crippen molar-refractivity contribution in [3.05, 3.63) is 44.9 Å². The van der Waals surface area contributed by atoms with Gasteiger partial charge in [0.25, 0.3) is 0 Å². The lowest BCUT2D eigenvalue weighted by Crippen LogP contribution is -2.32. The van der Waals surface area contributed by atoms with Crippen LogP contribution in [0.25, 0.3) is 33.6 Å². The number of aromatic amines is 1. The van der Waals surface area contributed by atoms with E-state index in [1.165, 1.54) is 38.9 Å². The Morgan fingerprint density at radius 1 is 1.12 bits per heavy atom. The molecule has 3 aromatic heterocycles. The van der Waals surface area contributed by atoms with E-state index in [-0.39, 0.29) is 17.2 Å². The molecule has 9 nitrogen and oxygen atoms in total. The normalized spacial score (nSPS) is 24.9. The summed E-state index contributed by atoms with van der Waals surface area (Å²) in [6, 6.07) is 3.55. The zero-order chi connectivity index (χ0) is 23.1. The number of fused-ring (bicyclic) bond motifs is 4. The van der Waals surface area contributed by atoms with Gasteiger partial charge in [-0.3, -0.25) is 4.68 Å². The van der Waals surface area contributed by atoms with Crippen LogP contribution in [-0.4, -0.2) is 44.3 Å². The third-order valence-electron chi connectivity index (χ3n) is 8.03. The summed E-state index contributed by atoms with van der Waals surface area (Å²) in [5, 5.41) is 5.44. The summed E-state index contributed by atoms with van der Waals surface area (Å²) in [4.78, 5) is 34.5. The van der Waals surface area contributed by atoms with Crippen molar-refractivity contribution in [1.29, 1.82) is 0 Å². The fourth-order valence-electron chi connectivity index (χ4n) is 6.09. The molecule has 3 fully saturated rings. The predicted molar refractivity (Wildman–Crippen MR) is 126 cm³/mol. The molecule has 2 saturated carbocycles. The van der Waals surface area contributed by atoms with Gasteiger partial charge in [0.1, 0.15) is 5.69 Å². The van der Waals surface area contributed by atoms with Crippen LogP contribution < -0.4 is 11.3 Å². The summed E-state index contributed by atoms with van der Waals surface area (Å²) in [6.07, 6.45) is 6.12. The van der Waals surface area contributed by atoms with Crippen LogP contribution in [-0.2, 0) is 0 Å². The monoisotopic (exact) mass is 461 g/mol. The predicted octanol–water partition coefficient (Wildman–Crippen LogP) is 3.51. The minimum atomic E-state index is -1.03. The largest absolute Gasteiger partial charge is 0.423 e. The average Bonchev–Trinajstić information content (AvgIpc) is 3.20. The fourth-order valence-corrected chi connectivity index (χ4v) is 6.09. The molecular formula is C25H27N5O4. The number of nitrogens with one attached hydrogen (secondary N) is 1. The van der Waals surface area contributed by atoms with Crippen molar-refractivity contribution in [2.24, 2.45) is 17.8 Å². The number of rotatable bonds is 5. The molecular weight excluding hydrogens is 434 g/mol. The van der Waals surface area contributed by atoms with Crippen LogP contribution in [0.2, 0.25) is 0 Å². The Morgan fingerprint density at radius 3 is 2.59 bits per heavy atom. The van der Waals surface area contributed by atoms with Crippen molar-refractivity contribution in [3.8, 4) is 11.5 Å². The quantitative estimate of drug-likeness (QED) is 0.453. The lowest BCUT2D eigenvalue weighted by molar-refractivity contribution is 0.189. The molecule has 1 saturated heterocycles. The van der Waals surface area contributed by atoms with Gasteiger partial charge in [-0.2, -0.15) is 5.10 Å². The molecule has 0 bridgehead atoms. The Hall–Kier alpha value is -3.20. The zero-order valence-corrected chi connectivity index (χ0v) is 19.3. The fraction of sp³-hybridized carbons (Fsp3) is 0.520. The van der Waals surface area contributed by atoms with Crippen molar-refractivity contribution < 1.29 is 8.83 Å². The molecule has 0 spiro atoms. The van der Waals surface area contributed by atoms with Crippen molar-refractivity contribution in [1.82, 2.24) is 24.6 Å². The molecule has 4 aromatic rings. The zero-order valence-electron chi connectivity index (χ0n) is 19.3. The molecule has 7 rings (SSSR count). The van der Waals surface area contributed by atoms with Gasteiger partial charge in [0, 0.05) is 43.5 Å². The Morgan fingerprint density at radius 2 is 1.88 bits per heavy atom. The molecule has 1 N–H and O–H groups in total. The Bertz CT molecular complexity index is 1530. The Kier molecular flexibility index (Phi) is 4.25. The molecule has 4 heterocycles. The molecule has 1 aliphatic heterocycles. The highest BCUT2D eigenvalue weighted by atomic mass is 16.5. The van der Waals surface area contributed by atoms with Crippen molar-refractivity contribution in [3.63, 3.8) is 0 Å². The first-order valence-corrected chi connectivity index (χ1v) is 12.2. The maximum atomic E-state index is 12.0. The second kappa shape index (κ2) is 7.15. The molecule has 0 radical (unpaired) electrons. The number of benzene rings is 1. The third-order valence-corrected chi connectivity index (χ3v) is 8.03. The maximum Gasteiger partial charge on any atom is 0.423 e. The van der Waals surface area contributed by atoms with Gasteiger partial charge in [0.15, 0.2) is 17.0 Å².